The Morgan fingerprint density at radius 3 is 2.64 bits per heavy atom. The van der Waals surface area contributed by atoms with Crippen molar-refractivity contribution < 1.29 is 19.5 Å². The van der Waals surface area contributed by atoms with E-state index in [2.05, 4.69) is 18.0 Å². The molecule has 28 heavy (non-hydrogen) atoms. The second kappa shape index (κ2) is 9.79. The number of nitriles is 1. The second-order valence-corrected chi connectivity index (χ2v) is 6.59. The molecule has 1 aromatic heterocycles. The zero-order chi connectivity index (χ0) is 20.7. The summed E-state index contributed by atoms with van der Waals surface area (Å²) in [5, 5.41) is 19.0. The molecule has 0 radical (unpaired) electrons. The van der Waals surface area contributed by atoms with Gasteiger partial charge in [-0.1, -0.05) is 32.4 Å². The minimum absolute atomic E-state index is 0.0294. The smallest absolute Gasteiger partial charge is 0.357 e. The summed E-state index contributed by atoms with van der Waals surface area (Å²) in [6.45, 7) is 5.70. The van der Waals surface area contributed by atoms with Crippen LogP contribution >= 0.6 is 0 Å². The largest absolute Gasteiger partial charge is 0.488 e. The van der Waals surface area contributed by atoms with Crippen LogP contribution in [0.3, 0.4) is 0 Å². The third-order valence-corrected chi connectivity index (χ3v) is 4.70. The normalized spacial score (nSPS) is 12.8. The zero-order valence-corrected chi connectivity index (χ0v) is 16.8. The van der Waals surface area contributed by atoms with E-state index in [1.165, 1.54) is 11.8 Å². The van der Waals surface area contributed by atoms with E-state index in [1.54, 1.807) is 6.92 Å². The van der Waals surface area contributed by atoms with Crippen LogP contribution in [-0.4, -0.2) is 34.0 Å². The van der Waals surface area contributed by atoms with Crippen molar-refractivity contribution in [3.05, 3.63) is 35.7 Å². The van der Waals surface area contributed by atoms with Crippen LogP contribution in [0.1, 0.15) is 55.7 Å². The Kier molecular flexibility index (Phi) is 7.44. The Morgan fingerprint density at radius 2 is 2.07 bits per heavy atom. The van der Waals surface area contributed by atoms with Crippen LogP contribution in [0.25, 0.3) is 11.4 Å². The summed E-state index contributed by atoms with van der Waals surface area (Å²) in [6, 6.07) is 9.63. The molecule has 0 aliphatic rings. The van der Waals surface area contributed by atoms with E-state index in [4.69, 9.17) is 9.57 Å². The van der Waals surface area contributed by atoms with Crippen LogP contribution in [0.5, 0.6) is 5.75 Å². The molecule has 2 unspecified atom stereocenters. The maximum atomic E-state index is 11.6. The predicted molar refractivity (Wildman–Crippen MR) is 105 cm³/mol. The maximum Gasteiger partial charge on any atom is 0.357 e. The van der Waals surface area contributed by atoms with Crippen LogP contribution in [-0.2, 0) is 0 Å². The van der Waals surface area contributed by atoms with Crippen molar-refractivity contribution in [2.24, 2.45) is 5.92 Å². The number of carboxylic acids is 1. The Morgan fingerprint density at radius 1 is 1.36 bits per heavy atom. The fraction of sp³-hybridized carbons (Fsp3) is 0.476. The number of ether oxygens (including phenoxy) is 1. The Bertz CT molecular complexity index is 854. The van der Waals surface area contributed by atoms with E-state index in [-0.39, 0.29) is 17.7 Å². The minimum atomic E-state index is -1.12. The molecule has 0 saturated carbocycles. The van der Waals surface area contributed by atoms with Crippen LogP contribution in [0.4, 0.5) is 0 Å². The fourth-order valence-electron chi connectivity index (χ4n) is 3.20. The first-order chi connectivity index (χ1) is 13.5. The van der Waals surface area contributed by atoms with Crippen molar-refractivity contribution in [1.82, 2.24) is 9.71 Å². The average molecular weight is 385 g/mol. The molecule has 0 saturated heterocycles. The van der Waals surface area contributed by atoms with Crippen LogP contribution < -0.4 is 9.57 Å². The summed E-state index contributed by atoms with van der Waals surface area (Å²) >= 11 is 0. The number of rotatable bonds is 10. The van der Waals surface area contributed by atoms with Gasteiger partial charge >= 0.3 is 5.97 Å². The highest BCUT2D eigenvalue weighted by molar-refractivity contribution is 5.88. The van der Waals surface area contributed by atoms with Gasteiger partial charge in [-0.25, -0.2) is 9.78 Å². The summed E-state index contributed by atoms with van der Waals surface area (Å²) in [6.07, 6.45) is 3.19. The van der Waals surface area contributed by atoms with Gasteiger partial charge in [0, 0.05) is 0 Å². The number of imidazole rings is 1. The standard InChI is InChI=1S/C21H27N3O4/c1-5-7-11-17(15(6-2)13-22)28-18-12-9-8-10-16(18)20-23-14(3)19(21(25)26)24(20)27-4/h8-10,12,15,17H,5-7,11H2,1-4H3,(H,25,26). The van der Waals surface area contributed by atoms with Crippen molar-refractivity contribution >= 4 is 5.97 Å². The number of aryl methyl sites for hydroxylation is 1. The van der Waals surface area contributed by atoms with Gasteiger partial charge in [-0.2, -0.15) is 9.99 Å². The molecule has 7 heteroatoms. The van der Waals surface area contributed by atoms with Gasteiger partial charge in [0.25, 0.3) is 0 Å². The molecule has 0 fully saturated rings. The third-order valence-electron chi connectivity index (χ3n) is 4.70. The van der Waals surface area contributed by atoms with E-state index in [9.17, 15) is 15.2 Å². The van der Waals surface area contributed by atoms with Crippen molar-refractivity contribution in [3.8, 4) is 23.2 Å². The van der Waals surface area contributed by atoms with Crippen molar-refractivity contribution in [3.63, 3.8) is 0 Å². The van der Waals surface area contributed by atoms with Gasteiger partial charge < -0.3 is 14.7 Å². The molecule has 1 aromatic carbocycles. The lowest BCUT2D eigenvalue weighted by Gasteiger charge is -2.24. The van der Waals surface area contributed by atoms with Gasteiger partial charge in [-0.15, -0.1) is 0 Å². The van der Waals surface area contributed by atoms with E-state index in [0.29, 0.717) is 29.3 Å². The van der Waals surface area contributed by atoms with Gasteiger partial charge in [0.15, 0.2) is 11.5 Å². The molecule has 2 atom stereocenters. The zero-order valence-electron chi connectivity index (χ0n) is 16.8. The van der Waals surface area contributed by atoms with E-state index in [1.807, 2.05) is 31.2 Å². The highest BCUT2D eigenvalue weighted by atomic mass is 16.6. The molecule has 0 amide bonds. The van der Waals surface area contributed by atoms with Crippen molar-refractivity contribution in [1.29, 1.82) is 5.26 Å². The SMILES string of the molecule is CCCCC(Oc1ccccc1-c1nc(C)c(C(=O)O)n1OC)C(C#N)CC. The number of carboxylic acid groups (broad SMARTS) is 1. The molecule has 0 aliphatic heterocycles. The summed E-state index contributed by atoms with van der Waals surface area (Å²) in [5.41, 5.74) is 0.942. The van der Waals surface area contributed by atoms with Crippen molar-refractivity contribution in [2.75, 3.05) is 7.11 Å². The molecule has 150 valence electrons. The lowest BCUT2D eigenvalue weighted by Crippen LogP contribution is -2.26. The highest BCUT2D eigenvalue weighted by Gasteiger charge is 2.26. The van der Waals surface area contributed by atoms with E-state index in [0.717, 1.165) is 19.3 Å². The summed E-state index contributed by atoms with van der Waals surface area (Å²) < 4.78 is 7.47. The summed E-state index contributed by atoms with van der Waals surface area (Å²) in [7, 11) is 1.40. The number of aromatic nitrogens is 2. The second-order valence-electron chi connectivity index (χ2n) is 6.59. The van der Waals surface area contributed by atoms with Crippen molar-refractivity contribution in [2.45, 2.75) is 52.6 Å². The van der Waals surface area contributed by atoms with Crippen LogP contribution in [0.2, 0.25) is 0 Å². The Hall–Kier alpha value is -3.01. The monoisotopic (exact) mass is 385 g/mol. The molecule has 0 aliphatic carbocycles. The number of aromatic carboxylic acids is 1. The average Bonchev–Trinajstić information content (AvgIpc) is 3.03. The maximum absolute atomic E-state index is 11.6. The van der Waals surface area contributed by atoms with Crippen LogP contribution in [0.15, 0.2) is 24.3 Å². The van der Waals surface area contributed by atoms with Gasteiger partial charge in [-0.05, 0) is 38.3 Å². The number of unbranched alkanes of at least 4 members (excludes halogenated alkanes) is 1. The van der Waals surface area contributed by atoms with Gasteiger partial charge in [0.1, 0.15) is 19.0 Å². The molecular weight excluding hydrogens is 358 g/mol. The highest BCUT2D eigenvalue weighted by Crippen LogP contribution is 2.33. The molecular formula is C21H27N3O4. The lowest BCUT2D eigenvalue weighted by molar-refractivity contribution is 0.0640. The number of carbonyl (C=O) groups is 1. The number of benzene rings is 1. The molecule has 0 spiro atoms. The Balaban J connectivity index is 2.49. The number of para-hydroxylation sites is 1. The summed E-state index contributed by atoms with van der Waals surface area (Å²) in [5.74, 6) is -0.435. The molecule has 2 rings (SSSR count). The lowest BCUT2D eigenvalue weighted by atomic mass is 9.96. The third kappa shape index (κ3) is 4.45. The minimum Gasteiger partial charge on any atom is -0.488 e. The molecule has 0 bridgehead atoms. The number of nitrogens with zero attached hydrogens (tertiary/aromatic N) is 3. The van der Waals surface area contributed by atoms with Gasteiger partial charge in [-0.3, -0.25) is 0 Å². The quantitative estimate of drug-likeness (QED) is 0.661. The fourth-order valence-corrected chi connectivity index (χ4v) is 3.20. The van der Waals surface area contributed by atoms with E-state index >= 15 is 0 Å². The first kappa shape index (κ1) is 21.3. The first-order valence-electron chi connectivity index (χ1n) is 9.51. The summed E-state index contributed by atoms with van der Waals surface area (Å²) in [4.78, 5) is 21.3. The first-order valence-corrected chi connectivity index (χ1v) is 9.51. The molecule has 1 N–H and O–H groups in total. The molecule has 7 nitrogen and oxygen atoms in total. The molecule has 1 heterocycles. The predicted octanol–water partition coefficient (Wildman–Crippen LogP) is 4.10. The van der Waals surface area contributed by atoms with Gasteiger partial charge in [0.05, 0.1) is 23.2 Å². The topological polar surface area (TPSA) is 97.4 Å². The number of hydrogen-bond acceptors (Lipinski definition) is 5. The molecule has 2 aromatic rings. The Labute approximate surface area is 165 Å². The van der Waals surface area contributed by atoms with Gasteiger partial charge in [0.2, 0.25) is 0 Å². The van der Waals surface area contributed by atoms with E-state index < -0.39 is 5.97 Å². The number of hydrogen-bond donors (Lipinski definition) is 1. The van der Waals surface area contributed by atoms with Crippen LogP contribution in [0, 0.1) is 24.2 Å².